The Morgan fingerprint density at radius 2 is 1.90 bits per heavy atom. The topological polar surface area (TPSA) is 69.5 Å². The van der Waals surface area contributed by atoms with Gasteiger partial charge in [0.15, 0.2) is 11.5 Å². The van der Waals surface area contributed by atoms with Crippen LogP contribution in [0.4, 0.5) is 0 Å². The quantitative estimate of drug-likeness (QED) is 0.637. The molecule has 4 rings (SSSR count). The van der Waals surface area contributed by atoms with Crippen molar-refractivity contribution in [3.8, 4) is 17.4 Å². The molecule has 7 heteroatoms. The van der Waals surface area contributed by atoms with Gasteiger partial charge in [0.1, 0.15) is 0 Å². The summed E-state index contributed by atoms with van der Waals surface area (Å²) in [6.45, 7) is 1.78. The Morgan fingerprint density at radius 3 is 2.74 bits per heavy atom. The van der Waals surface area contributed by atoms with Crippen LogP contribution in [0.2, 0.25) is 0 Å². The van der Waals surface area contributed by atoms with Gasteiger partial charge in [-0.1, -0.05) is 18.2 Å². The van der Waals surface area contributed by atoms with Crippen LogP contribution in [-0.2, 0) is 24.8 Å². The fourth-order valence-corrected chi connectivity index (χ4v) is 3.70. The van der Waals surface area contributed by atoms with Crippen molar-refractivity contribution < 1.29 is 14.3 Å². The van der Waals surface area contributed by atoms with E-state index in [4.69, 9.17) is 9.47 Å². The number of pyridine rings is 1. The van der Waals surface area contributed by atoms with Gasteiger partial charge in [0.05, 0.1) is 13.2 Å². The number of aromatic nitrogens is 3. The molecule has 0 spiro atoms. The van der Waals surface area contributed by atoms with Crippen LogP contribution in [-0.4, -0.2) is 38.7 Å². The molecule has 1 aliphatic rings. The SMILES string of the molecule is Cn1nccc1CCC(=O)N1CCCCCOc2ccccc2Oc2ncccc2C1. The standard InChI is InChI=1S/C24H28N4O3/c1-27-20(13-15-26-27)11-12-23(29)28-16-5-2-6-17-30-21-9-3-4-10-22(21)31-24-19(18-28)8-7-14-25-24/h3-4,7-10,13-15H,2,5-6,11-12,16-18H2,1H3. The Hall–Kier alpha value is -3.35. The van der Waals surface area contributed by atoms with Crippen LogP contribution in [0.1, 0.15) is 36.9 Å². The highest BCUT2D eigenvalue weighted by molar-refractivity contribution is 5.76. The molecule has 31 heavy (non-hydrogen) atoms. The van der Waals surface area contributed by atoms with Crippen molar-refractivity contribution in [2.24, 2.45) is 7.05 Å². The van der Waals surface area contributed by atoms with Crippen molar-refractivity contribution in [2.75, 3.05) is 13.2 Å². The van der Waals surface area contributed by atoms with Crippen molar-refractivity contribution in [2.45, 2.75) is 38.6 Å². The Labute approximate surface area is 182 Å². The first kappa shape index (κ1) is 20.9. The summed E-state index contributed by atoms with van der Waals surface area (Å²) in [6.07, 6.45) is 7.43. The van der Waals surface area contributed by atoms with E-state index in [1.54, 1.807) is 12.4 Å². The second-order valence-corrected chi connectivity index (χ2v) is 7.69. The smallest absolute Gasteiger partial charge is 0.224 e. The molecule has 0 atom stereocenters. The third-order valence-corrected chi connectivity index (χ3v) is 5.47. The zero-order chi connectivity index (χ0) is 21.5. The Morgan fingerprint density at radius 1 is 1.03 bits per heavy atom. The molecule has 1 aliphatic heterocycles. The van der Waals surface area contributed by atoms with E-state index in [9.17, 15) is 4.79 Å². The largest absolute Gasteiger partial charge is 0.490 e. The maximum atomic E-state index is 13.1. The zero-order valence-corrected chi connectivity index (χ0v) is 17.9. The summed E-state index contributed by atoms with van der Waals surface area (Å²) in [4.78, 5) is 19.5. The molecule has 0 N–H and O–H groups in total. The lowest BCUT2D eigenvalue weighted by atomic mass is 10.1. The number of carbonyl (C=O) groups is 1. The molecular weight excluding hydrogens is 392 g/mol. The normalized spacial score (nSPS) is 14.7. The molecule has 3 aromatic rings. The van der Waals surface area contributed by atoms with Crippen molar-refractivity contribution in [1.29, 1.82) is 0 Å². The summed E-state index contributed by atoms with van der Waals surface area (Å²) in [5.41, 5.74) is 1.93. The highest BCUT2D eigenvalue weighted by Crippen LogP contribution is 2.32. The first-order valence-electron chi connectivity index (χ1n) is 10.8. The third-order valence-electron chi connectivity index (χ3n) is 5.47. The predicted molar refractivity (Wildman–Crippen MR) is 117 cm³/mol. The molecule has 0 bridgehead atoms. The number of aryl methyl sites for hydroxylation is 2. The summed E-state index contributed by atoms with van der Waals surface area (Å²) in [5, 5.41) is 4.19. The van der Waals surface area contributed by atoms with Crippen LogP contribution in [0.25, 0.3) is 0 Å². The lowest BCUT2D eigenvalue weighted by molar-refractivity contribution is -0.131. The molecule has 0 fully saturated rings. The number of fused-ring (bicyclic) bond motifs is 2. The van der Waals surface area contributed by atoms with E-state index >= 15 is 0 Å². The number of benzene rings is 1. The van der Waals surface area contributed by atoms with Gasteiger partial charge in [0, 0.05) is 43.7 Å². The van der Waals surface area contributed by atoms with Gasteiger partial charge < -0.3 is 14.4 Å². The van der Waals surface area contributed by atoms with Gasteiger partial charge >= 0.3 is 0 Å². The predicted octanol–water partition coefficient (Wildman–Crippen LogP) is 4.13. The number of hydrogen-bond donors (Lipinski definition) is 0. The lowest BCUT2D eigenvalue weighted by Crippen LogP contribution is -2.32. The van der Waals surface area contributed by atoms with Gasteiger partial charge in [0.2, 0.25) is 11.8 Å². The highest BCUT2D eigenvalue weighted by atomic mass is 16.5. The zero-order valence-electron chi connectivity index (χ0n) is 17.9. The van der Waals surface area contributed by atoms with Crippen molar-refractivity contribution in [3.63, 3.8) is 0 Å². The number of para-hydroxylation sites is 2. The van der Waals surface area contributed by atoms with E-state index in [1.165, 1.54) is 0 Å². The number of nitrogens with zero attached hydrogens (tertiary/aromatic N) is 4. The number of carbonyl (C=O) groups excluding carboxylic acids is 1. The van der Waals surface area contributed by atoms with Gasteiger partial charge in [-0.15, -0.1) is 0 Å². The van der Waals surface area contributed by atoms with Gasteiger partial charge in [0.25, 0.3) is 0 Å². The molecule has 3 heterocycles. The average molecular weight is 421 g/mol. The minimum absolute atomic E-state index is 0.127. The summed E-state index contributed by atoms with van der Waals surface area (Å²) >= 11 is 0. The molecule has 1 amide bonds. The minimum Gasteiger partial charge on any atom is -0.490 e. The third kappa shape index (κ3) is 5.42. The first-order chi connectivity index (χ1) is 15.2. The van der Waals surface area contributed by atoms with Gasteiger partial charge in [-0.3, -0.25) is 9.48 Å². The number of ether oxygens (including phenoxy) is 2. The van der Waals surface area contributed by atoms with E-state index in [0.29, 0.717) is 49.9 Å². The van der Waals surface area contributed by atoms with E-state index in [1.807, 2.05) is 59.1 Å². The minimum atomic E-state index is 0.127. The fourth-order valence-electron chi connectivity index (χ4n) is 3.70. The average Bonchev–Trinajstić information content (AvgIpc) is 3.20. The molecule has 7 nitrogen and oxygen atoms in total. The lowest BCUT2D eigenvalue weighted by Gasteiger charge is -2.23. The Balaban J connectivity index is 1.55. The second kappa shape index (κ2) is 10.1. The summed E-state index contributed by atoms with van der Waals surface area (Å²) in [6, 6.07) is 13.4. The van der Waals surface area contributed by atoms with Crippen LogP contribution in [0, 0.1) is 0 Å². The summed E-state index contributed by atoms with van der Waals surface area (Å²) < 4.78 is 13.9. The van der Waals surface area contributed by atoms with E-state index in [2.05, 4.69) is 10.1 Å². The summed E-state index contributed by atoms with van der Waals surface area (Å²) in [7, 11) is 1.90. The van der Waals surface area contributed by atoms with E-state index in [0.717, 1.165) is 30.5 Å². The van der Waals surface area contributed by atoms with Crippen LogP contribution < -0.4 is 9.47 Å². The monoisotopic (exact) mass is 420 g/mol. The van der Waals surface area contributed by atoms with Gasteiger partial charge in [-0.05, 0) is 49.9 Å². The fraction of sp³-hybridized carbons (Fsp3) is 0.375. The number of rotatable bonds is 3. The van der Waals surface area contributed by atoms with Crippen molar-refractivity contribution >= 4 is 5.91 Å². The molecular formula is C24H28N4O3. The van der Waals surface area contributed by atoms with E-state index in [-0.39, 0.29) is 5.91 Å². The van der Waals surface area contributed by atoms with Gasteiger partial charge in [-0.2, -0.15) is 5.10 Å². The van der Waals surface area contributed by atoms with Crippen LogP contribution in [0.15, 0.2) is 54.9 Å². The number of hydrogen-bond acceptors (Lipinski definition) is 5. The molecule has 0 saturated heterocycles. The second-order valence-electron chi connectivity index (χ2n) is 7.69. The summed E-state index contributed by atoms with van der Waals surface area (Å²) in [5.74, 6) is 1.97. The highest BCUT2D eigenvalue weighted by Gasteiger charge is 2.19. The molecule has 2 aromatic heterocycles. The molecule has 0 saturated carbocycles. The van der Waals surface area contributed by atoms with Gasteiger partial charge in [-0.25, -0.2) is 4.98 Å². The van der Waals surface area contributed by atoms with Crippen LogP contribution in [0.3, 0.4) is 0 Å². The molecule has 162 valence electrons. The Kier molecular flexibility index (Phi) is 6.82. The molecule has 0 radical (unpaired) electrons. The molecule has 0 unspecified atom stereocenters. The first-order valence-corrected chi connectivity index (χ1v) is 10.8. The van der Waals surface area contributed by atoms with Crippen molar-refractivity contribution in [3.05, 3.63) is 66.1 Å². The van der Waals surface area contributed by atoms with Crippen LogP contribution in [0.5, 0.6) is 17.4 Å². The Bertz CT molecular complexity index is 1020. The maximum absolute atomic E-state index is 13.1. The molecule has 0 aliphatic carbocycles. The molecule has 1 aromatic carbocycles. The number of amides is 1. The van der Waals surface area contributed by atoms with E-state index < -0.39 is 0 Å². The maximum Gasteiger partial charge on any atom is 0.224 e. The van der Waals surface area contributed by atoms with Crippen LogP contribution >= 0.6 is 0 Å². The van der Waals surface area contributed by atoms with Crippen molar-refractivity contribution in [1.82, 2.24) is 19.7 Å².